The van der Waals surface area contributed by atoms with Crippen LogP contribution in [0.5, 0.6) is 0 Å². The maximum Gasteiger partial charge on any atom is 2.00 e. The third-order valence-electron chi connectivity index (χ3n) is 3.46. The summed E-state index contributed by atoms with van der Waals surface area (Å²) in [6.07, 6.45) is 7.76. The Hall–Kier alpha value is 1.46. The van der Waals surface area contributed by atoms with Gasteiger partial charge < -0.3 is 29.1 Å². The molecule has 0 N–H and O–H groups in total. The molecule has 1 rings (SSSR count). The molecule has 14 heavy (non-hydrogen) atoms. The standard InChI is InChI=1S/C11H21O.HI.Mg/c1-3-10(2)11(12)8-6-4-5-7-9-11;;/h10H,3-9H2,1-2H3;1H;/q-1;;+2/p-1. The van der Waals surface area contributed by atoms with Crippen LogP contribution in [0.1, 0.15) is 58.8 Å². The first kappa shape index (κ1) is 17.8. The van der Waals surface area contributed by atoms with Crippen LogP contribution in [0.25, 0.3) is 0 Å². The number of hydrogen-bond acceptors (Lipinski definition) is 1. The van der Waals surface area contributed by atoms with Crippen LogP contribution in [0.2, 0.25) is 0 Å². The van der Waals surface area contributed by atoms with Crippen LogP contribution >= 0.6 is 0 Å². The van der Waals surface area contributed by atoms with Gasteiger partial charge in [-0.1, -0.05) is 64.7 Å². The normalized spacial score (nSPS) is 22.5. The molecular weight excluding hydrogens is 299 g/mol. The fourth-order valence-corrected chi connectivity index (χ4v) is 2.19. The fourth-order valence-electron chi connectivity index (χ4n) is 2.19. The molecule has 1 saturated carbocycles. The van der Waals surface area contributed by atoms with E-state index in [-0.39, 0.29) is 47.0 Å². The molecular formula is C11H21IMgO. The summed E-state index contributed by atoms with van der Waals surface area (Å²) in [6, 6.07) is 0. The van der Waals surface area contributed by atoms with Gasteiger partial charge in [-0.3, -0.25) is 0 Å². The third kappa shape index (κ3) is 4.99. The zero-order valence-electron chi connectivity index (χ0n) is 9.52. The van der Waals surface area contributed by atoms with E-state index in [4.69, 9.17) is 0 Å². The van der Waals surface area contributed by atoms with Crippen molar-refractivity contribution in [3.05, 3.63) is 0 Å². The van der Waals surface area contributed by atoms with Crippen LogP contribution in [0, 0.1) is 5.92 Å². The Morgan fingerprint density at radius 1 is 1.14 bits per heavy atom. The van der Waals surface area contributed by atoms with Crippen LogP contribution in [-0.2, 0) is 0 Å². The van der Waals surface area contributed by atoms with Crippen molar-refractivity contribution in [2.24, 2.45) is 5.92 Å². The van der Waals surface area contributed by atoms with Crippen LogP contribution < -0.4 is 29.1 Å². The maximum atomic E-state index is 12.3. The predicted octanol–water partition coefficient (Wildman–Crippen LogP) is -0.891. The van der Waals surface area contributed by atoms with Gasteiger partial charge in [-0.25, -0.2) is 0 Å². The first-order valence-electron chi connectivity index (χ1n) is 5.39. The van der Waals surface area contributed by atoms with Crippen molar-refractivity contribution < 1.29 is 29.1 Å². The zero-order valence-corrected chi connectivity index (χ0v) is 13.1. The number of halogens is 1. The second kappa shape index (κ2) is 8.59. The summed E-state index contributed by atoms with van der Waals surface area (Å²) in [6.45, 7) is 4.26. The van der Waals surface area contributed by atoms with Crippen molar-refractivity contribution in [1.29, 1.82) is 0 Å². The molecule has 0 aliphatic heterocycles. The summed E-state index contributed by atoms with van der Waals surface area (Å²) < 4.78 is 0. The van der Waals surface area contributed by atoms with E-state index in [1.165, 1.54) is 12.8 Å². The van der Waals surface area contributed by atoms with Crippen LogP contribution in [-0.4, -0.2) is 28.7 Å². The zero-order chi connectivity index (χ0) is 9.03. The van der Waals surface area contributed by atoms with E-state index in [1.54, 1.807) is 0 Å². The average molecular weight is 320 g/mol. The third-order valence-corrected chi connectivity index (χ3v) is 3.46. The molecule has 80 valence electrons. The molecule has 0 amide bonds. The van der Waals surface area contributed by atoms with Gasteiger partial charge >= 0.3 is 23.1 Å². The molecule has 0 aromatic rings. The topological polar surface area (TPSA) is 23.1 Å². The molecule has 0 heterocycles. The van der Waals surface area contributed by atoms with Gasteiger partial charge in [-0.15, -0.1) is 5.60 Å². The van der Waals surface area contributed by atoms with Crippen LogP contribution in [0.4, 0.5) is 0 Å². The molecule has 1 nitrogen and oxygen atoms in total. The van der Waals surface area contributed by atoms with Gasteiger partial charge in [0, 0.05) is 0 Å². The van der Waals surface area contributed by atoms with E-state index in [1.807, 2.05) is 0 Å². The summed E-state index contributed by atoms with van der Waals surface area (Å²) in [5.41, 5.74) is -0.578. The summed E-state index contributed by atoms with van der Waals surface area (Å²) in [4.78, 5) is 0. The summed E-state index contributed by atoms with van der Waals surface area (Å²) >= 11 is 0. The van der Waals surface area contributed by atoms with E-state index in [0.717, 1.165) is 32.1 Å². The minimum atomic E-state index is -0.578. The summed E-state index contributed by atoms with van der Waals surface area (Å²) in [7, 11) is 0. The van der Waals surface area contributed by atoms with Crippen LogP contribution in [0.3, 0.4) is 0 Å². The Morgan fingerprint density at radius 2 is 1.57 bits per heavy atom. The molecule has 0 radical (unpaired) electrons. The van der Waals surface area contributed by atoms with E-state index >= 15 is 0 Å². The van der Waals surface area contributed by atoms with E-state index in [0.29, 0.717) is 5.92 Å². The Labute approximate surface area is 122 Å². The molecule has 1 unspecified atom stereocenters. The van der Waals surface area contributed by atoms with Crippen molar-refractivity contribution >= 4 is 23.1 Å². The smallest absolute Gasteiger partial charge is 1.00 e. The van der Waals surface area contributed by atoms with Crippen molar-refractivity contribution in [2.75, 3.05) is 0 Å². The first-order valence-corrected chi connectivity index (χ1v) is 5.39. The van der Waals surface area contributed by atoms with Gasteiger partial charge in [-0.05, 0) is 0 Å². The van der Waals surface area contributed by atoms with Gasteiger partial charge in [0.05, 0.1) is 0 Å². The maximum absolute atomic E-state index is 12.3. The van der Waals surface area contributed by atoms with Gasteiger partial charge in [0.2, 0.25) is 0 Å². The summed E-state index contributed by atoms with van der Waals surface area (Å²) in [5.74, 6) is 0.371. The Balaban J connectivity index is 0. The van der Waals surface area contributed by atoms with Gasteiger partial charge in [0.1, 0.15) is 0 Å². The minimum Gasteiger partial charge on any atom is -1.00 e. The van der Waals surface area contributed by atoms with Crippen molar-refractivity contribution in [3.63, 3.8) is 0 Å². The van der Waals surface area contributed by atoms with Crippen molar-refractivity contribution in [1.82, 2.24) is 0 Å². The first-order chi connectivity index (χ1) is 5.69. The molecule has 1 aliphatic rings. The second-order valence-corrected chi connectivity index (χ2v) is 4.29. The summed E-state index contributed by atoms with van der Waals surface area (Å²) in [5, 5.41) is 12.3. The Kier molecular flexibility index (Phi) is 10.9. The molecule has 3 heteroatoms. The predicted molar refractivity (Wildman–Crippen MR) is 55.6 cm³/mol. The minimum absolute atomic E-state index is 0. The van der Waals surface area contributed by atoms with Gasteiger partial charge in [0.25, 0.3) is 0 Å². The molecule has 1 aliphatic carbocycles. The fraction of sp³-hybridized carbons (Fsp3) is 1.00. The quantitative estimate of drug-likeness (QED) is 0.368. The molecule has 0 bridgehead atoms. The molecule has 0 aromatic heterocycles. The molecule has 1 fully saturated rings. The second-order valence-electron chi connectivity index (χ2n) is 4.29. The SMILES string of the molecule is CCC(C)C1([O-])CCCCCC1.[I-].[Mg+2]. The van der Waals surface area contributed by atoms with Gasteiger partial charge in [-0.2, -0.15) is 0 Å². The average Bonchev–Trinajstić information content (AvgIpc) is 2.29. The largest absolute Gasteiger partial charge is 2.00 e. The van der Waals surface area contributed by atoms with E-state index in [9.17, 15) is 5.11 Å². The number of hydrogen-bond donors (Lipinski definition) is 0. The van der Waals surface area contributed by atoms with E-state index < -0.39 is 5.60 Å². The molecule has 0 aromatic carbocycles. The Morgan fingerprint density at radius 3 is 1.93 bits per heavy atom. The van der Waals surface area contributed by atoms with Crippen molar-refractivity contribution in [2.45, 2.75) is 64.4 Å². The molecule has 0 spiro atoms. The molecule has 0 saturated heterocycles. The van der Waals surface area contributed by atoms with E-state index in [2.05, 4.69) is 13.8 Å². The van der Waals surface area contributed by atoms with Gasteiger partial charge in [0.15, 0.2) is 0 Å². The van der Waals surface area contributed by atoms with Crippen LogP contribution in [0.15, 0.2) is 0 Å². The van der Waals surface area contributed by atoms with Crippen molar-refractivity contribution in [3.8, 4) is 0 Å². The monoisotopic (exact) mass is 320 g/mol. The Bertz CT molecular complexity index is 133. The number of rotatable bonds is 2. The molecule has 1 atom stereocenters.